The molecule has 0 amide bonds. The van der Waals surface area contributed by atoms with Gasteiger partial charge in [0, 0.05) is 13.2 Å². The summed E-state index contributed by atoms with van der Waals surface area (Å²) < 4.78 is 20.7. The highest BCUT2D eigenvalue weighted by Gasteiger charge is 2.49. The minimum Gasteiger partial charge on any atom is -0.463 e. The van der Waals surface area contributed by atoms with Crippen LogP contribution in [0.4, 0.5) is 0 Å². The summed E-state index contributed by atoms with van der Waals surface area (Å²) in [6.45, 7) is 2.86. The zero-order valence-corrected chi connectivity index (χ0v) is 12.8. The molecule has 2 saturated carbocycles. The summed E-state index contributed by atoms with van der Waals surface area (Å²) in [5.41, 5.74) is 6.12. The van der Waals surface area contributed by atoms with E-state index in [0.717, 1.165) is 12.8 Å². The van der Waals surface area contributed by atoms with Crippen molar-refractivity contribution in [3.05, 3.63) is 0 Å². The van der Waals surface area contributed by atoms with Crippen LogP contribution in [0, 0.1) is 17.8 Å². The van der Waals surface area contributed by atoms with Gasteiger partial charge in [-0.25, -0.2) is 0 Å². The summed E-state index contributed by atoms with van der Waals surface area (Å²) in [6.07, 6.45) is 3.38. The molecule has 122 valence electrons. The van der Waals surface area contributed by atoms with Crippen molar-refractivity contribution in [2.75, 3.05) is 46.8 Å². The molecule has 2 N–H and O–H groups in total. The Morgan fingerprint density at radius 1 is 1.00 bits per heavy atom. The third-order valence-corrected chi connectivity index (χ3v) is 4.53. The summed E-state index contributed by atoms with van der Waals surface area (Å²) in [5, 5.41) is 0. The molecule has 0 radical (unpaired) electrons. The Hall–Kier alpha value is -0.690. The van der Waals surface area contributed by atoms with E-state index in [1.165, 1.54) is 6.42 Å². The van der Waals surface area contributed by atoms with Crippen LogP contribution in [0.5, 0.6) is 0 Å². The standard InChI is InChI=1S/C15H27NO5/c1-18-4-5-19-6-7-20-8-9-21-15(17)13-11-2-3-12(10-11)14(13)16/h11-14H,2-10,16H2,1H3. The molecule has 21 heavy (non-hydrogen) atoms. The van der Waals surface area contributed by atoms with Crippen molar-refractivity contribution in [3.8, 4) is 0 Å². The van der Waals surface area contributed by atoms with Gasteiger partial charge < -0.3 is 24.7 Å². The van der Waals surface area contributed by atoms with Crippen molar-refractivity contribution in [2.24, 2.45) is 23.5 Å². The Morgan fingerprint density at radius 3 is 2.24 bits per heavy atom. The number of carbonyl (C=O) groups is 1. The molecule has 6 heteroatoms. The lowest BCUT2D eigenvalue weighted by Gasteiger charge is -2.26. The molecule has 0 aromatic carbocycles. The van der Waals surface area contributed by atoms with Gasteiger partial charge in [0.1, 0.15) is 6.61 Å². The predicted octanol–water partition coefficient (Wildman–Crippen LogP) is 0.583. The van der Waals surface area contributed by atoms with Crippen molar-refractivity contribution >= 4 is 5.97 Å². The molecule has 0 aromatic heterocycles. The lowest BCUT2D eigenvalue weighted by Crippen LogP contribution is -2.41. The van der Waals surface area contributed by atoms with E-state index in [1.54, 1.807) is 7.11 Å². The number of nitrogens with two attached hydrogens (primary N) is 1. The van der Waals surface area contributed by atoms with Crippen LogP contribution >= 0.6 is 0 Å². The van der Waals surface area contributed by atoms with E-state index < -0.39 is 0 Å². The molecule has 0 aromatic rings. The van der Waals surface area contributed by atoms with Gasteiger partial charge in [0.05, 0.1) is 39.0 Å². The summed E-state index contributed by atoms with van der Waals surface area (Å²) in [4.78, 5) is 12.1. The van der Waals surface area contributed by atoms with Gasteiger partial charge in [-0.2, -0.15) is 0 Å². The zero-order valence-electron chi connectivity index (χ0n) is 12.8. The maximum absolute atomic E-state index is 12.1. The first-order chi connectivity index (χ1) is 10.2. The second-order valence-electron chi connectivity index (χ2n) is 5.82. The van der Waals surface area contributed by atoms with Gasteiger partial charge in [0.15, 0.2) is 0 Å². The Balaban J connectivity index is 1.48. The van der Waals surface area contributed by atoms with E-state index in [1.807, 2.05) is 0 Å². The van der Waals surface area contributed by atoms with Gasteiger partial charge in [-0.05, 0) is 31.1 Å². The van der Waals surface area contributed by atoms with Crippen LogP contribution in [0.2, 0.25) is 0 Å². The fourth-order valence-electron chi connectivity index (χ4n) is 3.45. The Bertz CT molecular complexity index is 323. The number of fused-ring (bicyclic) bond motifs is 2. The summed E-state index contributed by atoms with van der Waals surface area (Å²) in [5.74, 6) is 0.719. The summed E-state index contributed by atoms with van der Waals surface area (Å²) in [6, 6.07) is -0.00801. The number of esters is 1. The number of hydrogen-bond acceptors (Lipinski definition) is 6. The van der Waals surface area contributed by atoms with E-state index in [2.05, 4.69) is 0 Å². The van der Waals surface area contributed by atoms with Crippen LogP contribution in [0.3, 0.4) is 0 Å². The largest absolute Gasteiger partial charge is 0.463 e. The van der Waals surface area contributed by atoms with Gasteiger partial charge >= 0.3 is 5.97 Å². The van der Waals surface area contributed by atoms with Gasteiger partial charge in [-0.15, -0.1) is 0 Å². The molecule has 0 heterocycles. The Labute approximate surface area is 126 Å². The van der Waals surface area contributed by atoms with Gasteiger partial charge in [0.2, 0.25) is 0 Å². The van der Waals surface area contributed by atoms with Crippen molar-refractivity contribution in [1.29, 1.82) is 0 Å². The molecular formula is C15H27NO5. The number of carbonyl (C=O) groups excluding carboxylic acids is 1. The molecule has 2 rings (SSSR count). The Morgan fingerprint density at radius 2 is 1.62 bits per heavy atom. The number of ether oxygens (including phenoxy) is 4. The molecule has 2 bridgehead atoms. The van der Waals surface area contributed by atoms with Crippen LogP contribution in [-0.4, -0.2) is 58.8 Å². The highest BCUT2D eigenvalue weighted by atomic mass is 16.6. The van der Waals surface area contributed by atoms with E-state index >= 15 is 0 Å². The van der Waals surface area contributed by atoms with E-state index in [-0.39, 0.29) is 24.5 Å². The molecular weight excluding hydrogens is 274 g/mol. The zero-order chi connectivity index (χ0) is 15.1. The van der Waals surface area contributed by atoms with Gasteiger partial charge in [-0.3, -0.25) is 4.79 Å². The maximum Gasteiger partial charge on any atom is 0.310 e. The second kappa shape index (κ2) is 8.68. The first-order valence-electron chi connectivity index (χ1n) is 7.80. The molecule has 0 aliphatic heterocycles. The molecule has 2 aliphatic rings. The van der Waals surface area contributed by atoms with Crippen LogP contribution in [0.1, 0.15) is 19.3 Å². The van der Waals surface area contributed by atoms with Gasteiger partial charge in [0.25, 0.3) is 0 Å². The first kappa shape index (κ1) is 16.7. The van der Waals surface area contributed by atoms with Crippen molar-refractivity contribution in [3.63, 3.8) is 0 Å². The lowest BCUT2D eigenvalue weighted by atomic mass is 9.85. The fourth-order valence-corrected chi connectivity index (χ4v) is 3.45. The van der Waals surface area contributed by atoms with Crippen LogP contribution < -0.4 is 5.73 Å². The number of methoxy groups -OCH3 is 1. The minimum absolute atomic E-state index is 0.00801. The lowest BCUT2D eigenvalue weighted by molar-refractivity contribution is -0.152. The van der Waals surface area contributed by atoms with Crippen molar-refractivity contribution in [1.82, 2.24) is 0 Å². The molecule has 4 unspecified atom stereocenters. The van der Waals surface area contributed by atoms with E-state index in [9.17, 15) is 4.79 Å². The normalized spacial score (nSPS) is 30.8. The quantitative estimate of drug-likeness (QED) is 0.470. The number of hydrogen-bond donors (Lipinski definition) is 1. The van der Waals surface area contributed by atoms with E-state index in [4.69, 9.17) is 24.7 Å². The molecule has 0 spiro atoms. The second-order valence-corrected chi connectivity index (χ2v) is 5.82. The molecule has 4 atom stereocenters. The average molecular weight is 301 g/mol. The van der Waals surface area contributed by atoms with Crippen molar-refractivity contribution < 1.29 is 23.7 Å². The van der Waals surface area contributed by atoms with E-state index in [0.29, 0.717) is 44.9 Å². The topological polar surface area (TPSA) is 80.0 Å². The molecule has 2 aliphatic carbocycles. The summed E-state index contributed by atoms with van der Waals surface area (Å²) >= 11 is 0. The monoisotopic (exact) mass is 301 g/mol. The van der Waals surface area contributed by atoms with Crippen LogP contribution in [0.25, 0.3) is 0 Å². The average Bonchev–Trinajstić information content (AvgIpc) is 3.06. The third-order valence-electron chi connectivity index (χ3n) is 4.53. The third kappa shape index (κ3) is 4.64. The SMILES string of the molecule is COCCOCCOCCOC(=O)C1C2CCC(C2)C1N. The maximum atomic E-state index is 12.1. The molecule has 6 nitrogen and oxygen atoms in total. The predicted molar refractivity (Wildman–Crippen MR) is 76.8 cm³/mol. The number of rotatable bonds is 10. The fraction of sp³-hybridized carbons (Fsp3) is 0.933. The smallest absolute Gasteiger partial charge is 0.310 e. The van der Waals surface area contributed by atoms with Crippen molar-refractivity contribution in [2.45, 2.75) is 25.3 Å². The molecule has 2 fully saturated rings. The first-order valence-corrected chi connectivity index (χ1v) is 7.80. The van der Waals surface area contributed by atoms with Crippen LogP contribution in [0.15, 0.2) is 0 Å². The highest BCUT2D eigenvalue weighted by molar-refractivity contribution is 5.74. The van der Waals surface area contributed by atoms with Gasteiger partial charge in [-0.1, -0.05) is 0 Å². The van der Waals surface area contributed by atoms with Crippen LogP contribution in [-0.2, 0) is 23.7 Å². The highest BCUT2D eigenvalue weighted by Crippen LogP contribution is 2.47. The molecule has 0 saturated heterocycles. The minimum atomic E-state index is -0.144. The summed E-state index contributed by atoms with van der Waals surface area (Å²) in [7, 11) is 1.64. The Kier molecular flexibility index (Phi) is 6.89.